The van der Waals surface area contributed by atoms with E-state index in [1.165, 1.54) is 0 Å². The molecule has 0 saturated carbocycles. The fourth-order valence-corrected chi connectivity index (χ4v) is 1.86. The Kier molecular flexibility index (Phi) is 11.6. The third-order valence-electron chi connectivity index (χ3n) is 3.98. The van der Waals surface area contributed by atoms with Crippen LogP contribution in [0.3, 0.4) is 0 Å². The molecule has 0 aliphatic rings. The van der Waals surface area contributed by atoms with Gasteiger partial charge in [-0.25, -0.2) is 13.6 Å². The predicted octanol–water partition coefficient (Wildman–Crippen LogP) is 4.81. The minimum atomic E-state index is -8.85. The third-order valence-corrected chi connectivity index (χ3v) is 3.98. The van der Waals surface area contributed by atoms with Gasteiger partial charge in [0.25, 0.3) is 5.92 Å². The molecule has 22 heteroatoms. The van der Waals surface area contributed by atoms with E-state index in [2.05, 4.69) is 0 Å². The first-order valence-corrected chi connectivity index (χ1v) is 8.18. The number of carbonyl (C=O) groups is 1. The van der Waals surface area contributed by atoms with Crippen molar-refractivity contribution in [1.29, 1.82) is 0 Å². The second-order valence-electron chi connectivity index (χ2n) is 6.45. The molecule has 2 nitrogen and oxygen atoms in total. The van der Waals surface area contributed by atoms with Crippen molar-refractivity contribution < 1.29 is 123 Å². The van der Waals surface area contributed by atoms with Gasteiger partial charge in [0.2, 0.25) is 0 Å². The zero-order valence-electron chi connectivity index (χ0n) is 17.4. The standard InChI is InChI=1S/C9F19.C7H6O2.Na/c10-1(11)2(12,13)3(14,15)4(16,17)5(18,19)6(20,21)7(22,23)8(24,25)9(26,27)28;8-7(9)6-4-2-1-3-5-6;/h;1-5H,(H,8,9);/q-1;;+1. The maximum absolute atomic E-state index is 12.9. The number of halogens is 19. The van der Waals surface area contributed by atoms with E-state index in [4.69, 9.17) is 5.11 Å². The van der Waals surface area contributed by atoms with Gasteiger partial charge < -0.3 is 13.9 Å². The molecule has 0 atom stereocenters. The molecule has 1 N–H and O–H groups in total. The Labute approximate surface area is 219 Å². The van der Waals surface area contributed by atoms with Crippen LogP contribution in [-0.4, -0.2) is 58.7 Å². The first-order chi connectivity index (χ1) is 16.0. The Balaban J connectivity index is 0. The zero-order chi connectivity index (χ0) is 30.3. The van der Waals surface area contributed by atoms with E-state index in [0.29, 0.717) is 5.56 Å². The third kappa shape index (κ3) is 6.07. The first kappa shape index (κ1) is 38.5. The number of carboxylic acids is 1. The average Bonchev–Trinajstić information content (AvgIpc) is 2.72. The van der Waals surface area contributed by atoms with E-state index in [0.717, 1.165) is 0 Å². The second kappa shape index (κ2) is 11.5. The molecule has 0 aliphatic carbocycles. The number of alkyl halides is 17. The molecule has 1 rings (SSSR count). The Morgan fingerprint density at radius 1 is 0.553 bits per heavy atom. The van der Waals surface area contributed by atoms with Crippen LogP contribution in [0.1, 0.15) is 10.4 Å². The van der Waals surface area contributed by atoms with Gasteiger partial charge in [0.15, 0.2) is 0 Å². The van der Waals surface area contributed by atoms with Crippen molar-refractivity contribution in [2.45, 2.75) is 47.6 Å². The summed E-state index contributed by atoms with van der Waals surface area (Å²) in [6, 6.07) is 8.30. The monoisotopic (exact) mass is 614 g/mol. The average molecular weight is 614 g/mol. The van der Waals surface area contributed by atoms with Crippen molar-refractivity contribution in [3.05, 3.63) is 42.3 Å². The van der Waals surface area contributed by atoms with Gasteiger partial charge in [-0.05, 0) is 12.1 Å². The van der Waals surface area contributed by atoms with E-state index in [1.54, 1.807) is 30.3 Å². The summed E-state index contributed by atoms with van der Waals surface area (Å²) in [5, 5.41) is 8.38. The summed E-state index contributed by atoms with van der Waals surface area (Å²) < 4.78 is 236. The molecule has 0 heterocycles. The van der Waals surface area contributed by atoms with Crippen LogP contribution in [0.25, 0.3) is 0 Å². The fourth-order valence-electron chi connectivity index (χ4n) is 1.86. The van der Waals surface area contributed by atoms with E-state index in [1.807, 2.05) is 0 Å². The van der Waals surface area contributed by atoms with Crippen LogP contribution in [-0.2, 0) is 0 Å². The van der Waals surface area contributed by atoms with Gasteiger partial charge in [0, 0.05) is 0 Å². The minimum absolute atomic E-state index is 0. The summed E-state index contributed by atoms with van der Waals surface area (Å²) in [6.45, 7) is 0. The van der Waals surface area contributed by atoms with Crippen molar-refractivity contribution in [3.63, 3.8) is 0 Å². The van der Waals surface area contributed by atoms with E-state index < -0.39 is 60.0 Å². The molecule has 0 saturated heterocycles. The van der Waals surface area contributed by atoms with Crippen molar-refractivity contribution >= 4 is 5.97 Å². The maximum Gasteiger partial charge on any atom is 1.00 e. The Morgan fingerprint density at radius 3 is 1.08 bits per heavy atom. The van der Waals surface area contributed by atoms with Crippen LogP contribution >= 0.6 is 0 Å². The maximum atomic E-state index is 12.9. The Morgan fingerprint density at radius 2 is 0.842 bits per heavy atom. The summed E-state index contributed by atoms with van der Waals surface area (Å²) >= 11 is 0. The molecular formula is C16H6F19NaO2. The minimum Gasteiger partial charge on any atom is -0.478 e. The Hall–Kier alpha value is -1.64. The second-order valence-corrected chi connectivity index (χ2v) is 6.45. The SMILES string of the molecule is F[C-](F)C(F)(F)C(F)(F)C(F)(F)C(F)(F)C(F)(F)C(F)(F)C(F)(F)C(F)(F)F.O=C(O)c1ccccc1.[Na+]. The smallest absolute Gasteiger partial charge is 0.478 e. The van der Waals surface area contributed by atoms with Crippen molar-refractivity contribution in [2.24, 2.45) is 0 Å². The van der Waals surface area contributed by atoms with Crippen molar-refractivity contribution in [2.75, 3.05) is 0 Å². The normalized spacial score (nSPS) is 14.4. The van der Waals surface area contributed by atoms with Crippen LogP contribution in [0.15, 0.2) is 30.3 Å². The number of hydrogen-bond acceptors (Lipinski definition) is 1. The largest absolute Gasteiger partial charge is 1.00 e. The summed E-state index contributed by atoms with van der Waals surface area (Å²) in [6.07, 6.45) is -13.0. The number of aromatic carboxylic acids is 1. The Bertz CT molecular complexity index is 926. The van der Waals surface area contributed by atoms with Gasteiger partial charge in [0.1, 0.15) is 0 Å². The first-order valence-electron chi connectivity index (χ1n) is 8.18. The van der Waals surface area contributed by atoms with Gasteiger partial charge in [0.05, 0.1) is 12.0 Å². The van der Waals surface area contributed by atoms with E-state index >= 15 is 0 Å². The van der Waals surface area contributed by atoms with E-state index in [-0.39, 0.29) is 29.6 Å². The molecule has 0 amide bonds. The molecule has 0 aliphatic heterocycles. The summed E-state index contributed by atoms with van der Waals surface area (Å²) in [4.78, 5) is 10.2. The van der Waals surface area contributed by atoms with Gasteiger partial charge >= 0.3 is 77.2 Å². The summed E-state index contributed by atoms with van der Waals surface area (Å²) in [5.74, 6) is -60.3. The van der Waals surface area contributed by atoms with Gasteiger partial charge in [-0.1, -0.05) is 18.2 Å². The quantitative estimate of drug-likeness (QED) is 0.260. The van der Waals surface area contributed by atoms with Crippen LogP contribution in [0.2, 0.25) is 0 Å². The van der Waals surface area contributed by atoms with Gasteiger partial charge in [-0.15, -0.1) is 0 Å². The van der Waals surface area contributed by atoms with Gasteiger partial charge in [-0.3, -0.25) is 0 Å². The number of rotatable bonds is 8. The molecule has 0 bridgehead atoms. The van der Waals surface area contributed by atoms with E-state index in [9.17, 15) is 88.2 Å². The number of carboxylic acid groups (broad SMARTS) is 1. The predicted molar refractivity (Wildman–Crippen MR) is 79.5 cm³/mol. The summed E-state index contributed by atoms with van der Waals surface area (Å²) in [7, 11) is 0. The molecule has 1 aromatic rings. The fraction of sp³-hybridized carbons (Fsp3) is 0.500. The number of benzene rings is 1. The molecule has 1 aromatic carbocycles. The van der Waals surface area contributed by atoms with Crippen LogP contribution < -0.4 is 29.6 Å². The molecule has 0 fully saturated rings. The van der Waals surface area contributed by atoms with Crippen LogP contribution in [0, 0.1) is 6.43 Å². The topological polar surface area (TPSA) is 37.3 Å². The molecule has 216 valence electrons. The molecule has 38 heavy (non-hydrogen) atoms. The molecule has 0 spiro atoms. The zero-order valence-corrected chi connectivity index (χ0v) is 19.4. The molecule has 0 aromatic heterocycles. The molecule has 0 unspecified atom stereocenters. The summed E-state index contributed by atoms with van der Waals surface area (Å²) in [5.41, 5.74) is 0.331. The van der Waals surface area contributed by atoms with Crippen LogP contribution in [0.4, 0.5) is 83.4 Å². The van der Waals surface area contributed by atoms with Crippen LogP contribution in [0.5, 0.6) is 0 Å². The van der Waals surface area contributed by atoms with Gasteiger partial charge in [-0.2, -0.15) is 65.9 Å². The number of hydrogen-bond donors (Lipinski definition) is 1. The molecule has 0 radical (unpaired) electrons. The van der Waals surface area contributed by atoms with Crippen molar-refractivity contribution in [3.8, 4) is 0 Å². The van der Waals surface area contributed by atoms with Crippen molar-refractivity contribution in [1.82, 2.24) is 0 Å². The molecular weight excluding hydrogens is 608 g/mol.